The smallest absolute Gasteiger partial charge is 0.342 e. The van der Waals surface area contributed by atoms with E-state index in [1.54, 1.807) is 13.8 Å². The van der Waals surface area contributed by atoms with E-state index < -0.39 is 62.3 Å². The minimum Gasteiger partial charge on any atom is -0.465 e. The van der Waals surface area contributed by atoms with E-state index in [0.29, 0.717) is 11.3 Å². The van der Waals surface area contributed by atoms with E-state index in [1.807, 2.05) is 27.7 Å². The maximum absolute atomic E-state index is 14.6. The molecule has 1 unspecified atom stereocenters. The lowest BCUT2D eigenvalue weighted by molar-refractivity contribution is -0.146. The van der Waals surface area contributed by atoms with Gasteiger partial charge in [0.15, 0.2) is 23.2 Å². The van der Waals surface area contributed by atoms with E-state index in [0.717, 1.165) is 25.7 Å². The number of carbonyl (C=O) groups is 2. The molecule has 50 heavy (non-hydrogen) atoms. The molecule has 3 heterocycles. The van der Waals surface area contributed by atoms with Crippen molar-refractivity contribution >= 4 is 42.5 Å². The summed E-state index contributed by atoms with van der Waals surface area (Å²) in [5, 5.41) is 31.9. The molecule has 0 aromatic carbocycles. The monoisotopic (exact) mass is 726 g/mol. The first kappa shape index (κ1) is 39.9. The van der Waals surface area contributed by atoms with Crippen molar-refractivity contribution in [2.45, 2.75) is 129 Å². The lowest BCUT2D eigenvalue weighted by Gasteiger charge is -2.30. The number of nitrogens with zero attached hydrogens (tertiary/aromatic N) is 4. The number of anilines is 2. The van der Waals surface area contributed by atoms with E-state index >= 15 is 0 Å². The van der Waals surface area contributed by atoms with Gasteiger partial charge in [-0.05, 0) is 58.3 Å². The lowest BCUT2D eigenvalue weighted by atomic mass is 9.96. The van der Waals surface area contributed by atoms with E-state index in [4.69, 9.17) is 24.5 Å². The Kier molecular flexibility index (Phi) is 13.6. The summed E-state index contributed by atoms with van der Waals surface area (Å²) in [4.78, 5) is 39.1. The minimum absolute atomic E-state index is 0.00514. The highest BCUT2D eigenvalue weighted by Gasteiger charge is 2.54. The normalized spacial score (nSPS) is 24.3. The first-order chi connectivity index (χ1) is 23.6. The van der Waals surface area contributed by atoms with Gasteiger partial charge in [-0.2, -0.15) is 9.97 Å². The second-order valence-corrected chi connectivity index (χ2v) is 15.9. The largest absolute Gasteiger partial charge is 0.465 e. The molecule has 0 amide bonds. The maximum Gasteiger partial charge on any atom is 0.342 e. The highest BCUT2D eigenvalue weighted by Crippen LogP contribution is 2.45. The molecule has 2 aromatic rings. The second-order valence-electron chi connectivity index (χ2n) is 14.1. The van der Waals surface area contributed by atoms with Gasteiger partial charge in [0.1, 0.15) is 29.9 Å². The molecule has 2 aliphatic rings. The molecule has 0 bridgehead atoms. The van der Waals surface area contributed by atoms with Crippen LogP contribution in [-0.4, -0.2) is 97.4 Å². The van der Waals surface area contributed by atoms with Crippen LogP contribution >= 0.6 is 7.67 Å². The van der Waals surface area contributed by atoms with Gasteiger partial charge in [-0.3, -0.25) is 18.7 Å². The Bertz CT molecular complexity index is 1460. The fourth-order valence-electron chi connectivity index (χ4n) is 6.38. The van der Waals surface area contributed by atoms with Crippen molar-refractivity contribution in [3.63, 3.8) is 0 Å². The van der Waals surface area contributed by atoms with Gasteiger partial charge in [-0.1, -0.05) is 40.5 Å². The summed E-state index contributed by atoms with van der Waals surface area (Å²) in [6.07, 6.45) is 2.13. The van der Waals surface area contributed by atoms with Crippen LogP contribution in [0.25, 0.3) is 11.2 Å². The van der Waals surface area contributed by atoms with Gasteiger partial charge in [-0.25, -0.2) is 15.2 Å². The number of aliphatic hydroxyl groups excluding tert-OH is 1. The van der Waals surface area contributed by atoms with Crippen LogP contribution in [0.3, 0.4) is 0 Å². The van der Waals surface area contributed by atoms with Gasteiger partial charge < -0.3 is 40.0 Å². The average Bonchev–Trinajstić information content (AvgIpc) is 3.74. The fourth-order valence-corrected chi connectivity index (χ4v) is 8.20. The Morgan fingerprint density at radius 1 is 1.06 bits per heavy atom. The number of esters is 2. The topological polar surface area (TPSA) is 234 Å². The third-order valence-electron chi connectivity index (χ3n) is 8.77. The molecule has 1 saturated carbocycles. The number of nitrogens with one attached hydrogen (secondary N) is 3. The summed E-state index contributed by atoms with van der Waals surface area (Å²) in [6, 6.07) is -1.90. The first-order valence-corrected chi connectivity index (χ1v) is 19.2. The molecule has 4 rings (SSSR count). The highest BCUT2D eigenvalue weighted by atomic mass is 31.2. The Hall–Kier alpha value is -2.92. The van der Waals surface area contributed by atoms with Crippen molar-refractivity contribution in [1.82, 2.24) is 29.7 Å². The Morgan fingerprint density at radius 2 is 1.62 bits per heavy atom. The molecule has 18 heteroatoms. The standard InChI is InChI=1S/C32H55N8O9P/c1-8-46-28(42)21(14-18(3)4)38-50(45,39-22(15-19(5)6)29(43)47-9-2)48-16-23-25(41)32(7,44)30(49-23)40-17-34-24-26(35-20-12-10-11-13-20)36-31(33)37-27(24)40/h17-23,25,30,41,44H,8-16H2,1-7H3,(H2,38,39,45)(H3,33,35,36,37)/t21-,22-,23+,25?,30+,32-/m0/s1. The number of imidazole rings is 1. The van der Waals surface area contributed by atoms with Crippen molar-refractivity contribution in [3.8, 4) is 0 Å². The highest BCUT2D eigenvalue weighted by molar-refractivity contribution is 7.54. The number of nitrogen functional groups attached to an aromatic ring is 1. The molecule has 2 aromatic heterocycles. The van der Waals surface area contributed by atoms with Crippen LogP contribution in [0.4, 0.5) is 11.8 Å². The third kappa shape index (κ3) is 9.69. The molecule has 1 aliphatic heterocycles. The SMILES string of the molecule is CCOC(=O)[C@H](CC(C)C)NP(=O)(N[C@@H](CC(C)C)C(=O)OCC)OC[C@H]1O[C@@H](n2cnc3c(NC4CCCC4)nc(N)nc32)[C@@](C)(O)C1O. The number of rotatable bonds is 18. The molecule has 0 radical (unpaired) electrons. The maximum atomic E-state index is 14.6. The number of ether oxygens (including phenoxy) is 3. The molecule has 1 saturated heterocycles. The quantitative estimate of drug-likeness (QED) is 0.0957. The van der Waals surface area contributed by atoms with Gasteiger partial charge in [0.25, 0.3) is 0 Å². The van der Waals surface area contributed by atoms with Gasteiger partial charge in [0, 0.05) is 6.04 Å². The van der Waals surface area contributed by atoms with E-state index in [9.17, 15) is 24.4 Å². The molecule has 2 fully saturated rings. The predicted molar refractivity (Wildman–Crippen MR) is 186 cm³/mol. The zero-order valence-electron chi connectivity index (χ0n) is 30.1. The van der Waals surface area contributed by atoms with Crippen LogP contribution in [-0.2, 0) is 32.9 Å². The van der Waals surface area contributed by atoms with Gasteiger partial charge >= 0.3 is 19.6 Å². The van der Waals surface area contributed by atoms with Crippen molar-refractivity contribution in [2.75, 3.05) is 30.9 Å². The summed E-state index contributed by atoms with van der Waals surface area (Å²) < 4.78 is 38.7. The van der Waals surface area contributed by atoms with Crippen LogP contribution in [0.5, 0.6) is 0 Å². The van der Waals surface area contributed by atoms with Crippen molar-refractivity contribution in [3.05, 3.63) is 6.33 Å². The molecular formula is C32H55N8O9P. The number of carbonyl (C=O) groups excluding carboxylic acids is 2. The van der Waals surface area contributed by atoms with E-state index in [1.165, 1.54) is 17.8 Å². The summed E-state index contributed by atoms with van der Waals surface area (Å²) in [6.45, 7) is 12.0. The van der Waals surface area contributed by atoms with Crippen molar-refractivity contribution in [1.29, 1.82) is 0 Å². The number of aromatic nitrogens is 4. The third-order valence-corrected chi connectivity index (χ3v) is 10.6. The zero-order valence-corrected chi connectivity index (χ0v) is 31.0. The Balaban J connectivity index is 1.62. The summed E-state index contributed by atoms with van der Waals surface area (Å²) in [7, 11) is -4.31. The minimum atomic E-state index is -4.31. The lowest BCUT2D eigenvalue weighted by Crippen LogP contribution is -2.47. The molecule has 17 nitrogen and oxygen atoms in total. The van der Waals surface area contributed by atoms with Crippen LogP contribution in [0.15, 0.2) is 6.33 Å². The van der Waals surface area contributed by atoms with E-state index in [-0.39, 0.29) is 55.5 Å². The summed E-state index contributed by atoms with van der Waals surface area (Å²) in [5.41, 5.74) is 4.87. The Labute approximate surface area is 293 Å². The van der Waals surface area contributed by atoms with Gasteiger partial charge in [-0.15, -0.1) is 0 Å². The van der Waals surface area contributed by atoms with Crippen LogP contribution in [0.1, 0.15) is 93.2 Å². The molecule has 0 spiro atoms. The molecule has 7 N–H and O–H groups in total. The first-order valence-electron chi connectivity index (χ1n) is 17.5. The van der Waals surface area contributed by atoms with Gasteiger partial charge in [0.2, 0.25) is 5.95 Å². The molecule has 6 atom stereocenters. The Morgan fingerprint density at radius 3 is 2.14 bits per heavy atom. The zero-order chi connectivity index (χ0) is 36.8. The predicted octanol–water partition coefficient (Wildman–Crippen LogP) is 3.03. The van der Waals surface area contributed by atoms with E-state index in [2.05, 4.69) is 30.4 Å². The summed E-state index contributed by atoms with van der Waals surface area (Å²) >= 11 is 0. The molecular weight excluding hydrogens is 671 g/mol. The molecule has 1 aliphatic carbocycles. The number of aliphatic hydroxyl groups is 2. The number of nitrogens with two attached hydrogens (primary N) is 1. The second kappa shape index (κ2) is 17.1. The van der Waals surface area contributed by atoms with Crippen molar-refractivity contribution in [2.24, 2.45) is 11.8 Å². The number of fused-ring (bicyclic) bond motifs is 1. The van der Waals surface area contributed by atoms with Crippen LogP contribution < -0.4 is 21.2 Å². The van der Waals surface area contributed by atoms with Crippen LogP contribution in [0.2, 0.25) is 0 Å². The fraction of sp³-hybridized carbons (Fsp3) is 0.781. The van der Waals surface area contributed by atoms with Crippen LogP contribution in [0, 0.1) is 11.8 Å². The molecule has 282 valence electrons. The van der Waals surface area contributed by atoms with Gasteiger partial charge in [0.05, 0.1) is 26.1 Å². The van der Waals surface area contributed by atoms with Crippen molar-refractivity contribution < 1.29 is 43.1 Å². The number of hydrogen-bond donors (Lipinski definition) is 6. The average molecular weight is 727 g/mol. The summed E-state index contributed by atoms with van der Waals surface area (Å²) in [5.74, 6) is -0.837. The number of hydrogen-bond acceptors (Lipinski definition) is 14.